The summed E-state index contributed by atoms with van der Waals surface area (Å²) < 4.78 is 5.47. The Kier molecular flexibility index (Phi) is 4.36. The molecule has 0 aliphatic carbocycles. The van der Waals surface area contributed by atoms with Crippen LogP contribution in [-0.4, -0.2) is 47.4 Å². The molecule has 5 heteroatoms. The zero-order valence-electron chi connectivity index (χ0n) is 12.8. The Labute approximate surface area is 130 Å². The predicted molar refractivity (Wildman–Crippen MR) is 82.1 cm³/mol. The molecule has 0 atom stereocenters. The second kappa shape index (κ2) is 6.26. The molecule has 2 aliphatic rings. The largest absolute Gasteiger partial charge is 0.507 e. The van der Waals surface area contributed by atoms with Crippen LogP contribution in [0.1, 0.15) is 41.6 Å². The lowest BCUT2D eigenvalue weighted by molar-refractivity contribution is -0.0217. The molecule has 0 saturated carbocycles. The van der Waals surface area contributed by atoms with Crippen molar-refractivity contribution in [2.45, 2.75) is 32.2 Å². The van der Waals surface area contributed by atoms with Gasteiger partial charge in [-0.2, -0.15) is 0 Å². The third-order valence-corrected chi connectivity index (χ3v) is 5.17. The summed E-state index contributed by atoms with van der Waals surface area (Å²) in [5.74, 6) is -1.25. The van der Waals surface area contributed by atoms with Gasteiger partial charge in [0.25, 0.3) is 0 Å². The van der Waals surface area contributed by atoms with E-state index < -0.39 is 5.97 Å². The minimum absolute atomic E-state index is 0.0181. The van der Waals surface area contributed by atoms with Crippen LogP contribution in [0.15, 0.2) is 18.2 Å². The third-order valence-electron chi connectivity index (χ3n) is 5.17. The number of benzene rings is 1. The van der Waals surface area contributed by atoms with E-state index in [0.717, 1.165) is 38.4 Å². The standard InChI is InChI=1S/C17H23NO4/c19-15-2-1-13(11-14(15)16(20)21)12-18-7-3-17(4-8-18)5-9-22-10-6-17/h1-2,11,19H,3-10,12H2,(H,20,21). The Morgan fingerprint density at radius 2 is 1.86 bits per heavy atom. The highest BCUT2D eigenvalue weighted by molar-refractivity contribution is 5.90. The normalized spacial score (nSPS) is 21.8. The summed E-state index contributed by atoms with van der Waals surface area (Å²) in [6.07, 6.45) is 4.73. The smallest absolute Gasteiger partial charge is 0.339 e. The van der Waals surface area contributed by atoms with E-state index >= 15 is 0 Å². The van der Waals surface area contributed by atoms with E-state index in [0.29, 0.717) is 5.41 Å². The lowest BCUT2D eigenvalue weighted by atomic mass is 9.72. The molecule has 3 rings (SSSR count). The van der Waals surface area contributed by atoms with Crippen LogP contribution in [0.4, 0.5) is 0 Å². The first-order valence-electron chi connectivity index (χ1n) is 7.93. The monoisotopic (exact) mass is 305 g/mol. The number of hydrogen-bond donors (Lipinski definition) is 2. The van der Waals surface area contributed by atoms with E-state index in [1.165, 1.54) is 31.7 Å². The van der Waals surface area contributed by atoms with Crippen LogP contribution < -0.4 is 0 Å². The average molecular weight is 305 g/mol. The minimum Gasteiger partial charge on any atom is -0.507 e. The van der Waals surface area contributed by atoms with Gasteiger partial charge in [-0.3, -0.25) is 4.90 Å². The number of hydrogen-bond acceptors (Lipinski definition) is 4. The average Bonchev–Trinajstić information content (AvgIpc) is 2.52. The summed E-state index contributed by atoms with van der Waals surface area (Å²) in [7, 11) is 0. The van der Waals surface area contributed by atoms with Gasteiger partial charge in [-0.1, -0.05) is 6.07 Å². The number of piperidine rings is 1. The van der Waals surface area contributed by atoms with Gasteiger partial charge in [-0.15, -0.1) is 0 Å². The van der Waals surface area contributed by atoms with Crippen molar-refractivity contribution in [3.63, 3.8) is 0 Å². The highest BCUT2D eigenvalue weighted by Gasteiger charge is 2.35. The predicted octanol–water partition coefficient (Wildman–Crippen LogP) is 2.48. The molecule has 2 heterocycles. The second-order valence-electron chi connectivity index (χ2n) is 6.55. The number of nitrogens with zero attached hydrogens (tertiary/aromatic N) is 1. The fourth-order valence-electron chi connectivity index (χ4n) is 3.60. The molecule has 2 fully saturated rings. The van der Waals surface area contributed by atoms with Crippen molar-refractivity contribution in [3.05, 3.63) is 29.3 Å². The molecule has 0 amide bonds. The van der Waals surface area contributed by atoms with E-state index in [4.69, 9.17) is 9.84 Å². The number of carbonyl (C=O) groups is 1. The van der Waals surface area contributed by atoms with Crippen LogP contribution in [0.2, 0.25) is 0 Å². The molecule has 0 unspecified atom stereocenters. The van der Waals surface area contributed by atoms with Crippen molar-refractivity contribution in [3.8, 4) is 5.75 Å². The zero-order valence-corrected chi connectivity index (χ0v) is 12.8. The maximum atomic E-state index is 11.1. The Morgan fingerprint density at radius 1 is 1.18 bits per heavy atom. The molecule has 1 aromatic rings. The highest BCUT2D eigenvalue weighted by atomic mass is 16.5. The fraction of sp³-hybridized carbons (Fsp3) is 0.588. The van der Waals surface area contributed by atoms with Gasteiger partial charge in [0.15, 0.2) is 0 Å². The van der Waals surface area contributed by atoms with Gasteiger partial charge in [0, 0.05) is 19.8 Å². The van der Waals surface area contributed by atoms with E-state index in [9.17, 15) is 9.90 Å². The first-order chi connectivity index (χ1) is 10.6. The Balaban J connectivity index is 1.61. The van der Waals surface area contributed by atoms with Crippen molar-refractivity contribution in [2.75, 3.05) is 26.3 Å². The van der Waals surface area contributed by atoms with Crippen LogP contribution in [0.3, 0.4) is 0 Å². The molecule has 0 bridgehead atoms. The maximum absolute atomic E-state index is 11.1. The molecule has 5 nitrogen and oxygen atoms in total. The fourth-order valence-corrected chi connectivity index (χ4v) is 3.60. The summed E-state index contributed by atoms with van der Waals surface area (Å²) in [5, 5.41) is 18.6. The zero-order chi connectivity index (χ0) is 15.6. The molecule has 0 aromatic heterocycles. The SMILES string of the molecule is O=C(O)c1cc(CN2CCC3(CCOCC3)CC2)ccc1O. The molecular formula is C17H23NO4. The van der Waals surface area contributed by atoms with Gasteiger partial charge in [0.05, 0.1) is 0 Å². The van der Waals surface area contributed by atoms with Crippen LogP contribution in [0.5, 0.6) is 5.75 Å². The summed E-state index contributed by atoms with van der Waals surface area (Å²) in [5.41, 5.74) is 1.39. The van der Waals surface area contributed by atoms with Crippen LogP contribution in [-0.2, 0) is 11.3 Å². The molecule has 0 radical (unpaired) electrons. The highest BCUT2D eigenvalue weighted by Crippen LogP contribution is 2.40. The molecule has 22 heavy (non-hydrogen) atoms. The number of carboxylic acids is 1. The van der Waals surface area contributed by atoms with Gasteiger partial charge < -0.3 is 14.9 Å². The number of aromatic hydroxyl groups is 1. The second-order valence-corrected chi connectivity index (χ2v) is 6.55. The molecule has 1 spiro atoms. The molecule has 2 saturated heterocycles. The van der Waals surface area contributed by atoms with Gasteiger partial charge in [-0.05, 0) is 61.9 Å². The first-order valence-corrected chi connectivity index (χ1v) is 7.93. The molecule has 2 aliphatic heterocycles. The minimum atomic E-state index is -1.08. The topological polar surface area (TPSA) is 70.0 Å². The first kappa shape index (κ1) is 15.3. The van der Waals surface area contributed by atoms with E-state index in [2.05, 4.69) is 4.90 Å². The van der Waals surface area contributed by atoms with Crippen molar-refractivity contribution < 1.29 is 19.7 Å². The van der Waals surface area contributed by atoms with Gasteiger partial charge in [-0.25, -0.2) is 4.79 Å². The number of ether oxygens (including phenoxy) is 1. The van der Waals surface area contributed by atoms with Crippen LogP contribution >= 0.6 is 0 Å². The van der Waals surface area contributed by atoms with Crippen molar-refractivity contribution in [1.29, 1.82) is 0 Å². The molecular weight excluding hydrogens is 282 g/mol. The van der Waals surface area contributed by atoms with E-state index in [-0.39, 0.29) is 11.3 Å². The van der Waals surface area contributed by atoms with E-state index in [1.54, 1.807) is 12.1 Å². The van der Waals surface area contributed by atoms with Crippen LogP contribution in [0.25, 0.3) is 0 Å². The lowest BCUT2D eigenvalue weighted by Gasteiger charge is -2.44. The number of carboxylic acid groups (broad SMARTS) is 1. The Morgan fingerprint density at radius 3 is 2.50 bits per heavy atom. The van der Waals surface area contributed by atoms with Crippen molar-refractivity contribution in [1.82, 2.24) is 4.90 Å². The summed E-state index contributed by atoms with van der Waals surface area (Å²) >= 11 is 0. The third kappa shape index (κ3) is 3.25. The molecule has 1 aromatic carbocycles. The number of aromatic carboxylic acids is 1. The number of rotatable bonds is 3. The van der Waals surface area contributed by atoms with Gasteiger partial charge >= 0.3 is 5.97 Å². The quantitative estimate of drug-likeness (QED) is 0.898. The summed E-state index contributed by atoms with van der Waals surface area (Å²) in [6, 6.07) is 4.86. The molecule has 2 N–H and O–H groups in total. The van der Waals surface area contributed by atoms with E-state index in [1.807, 2.05) is 0 Å². The van der Waals surface area contributed by atoms with Gasteiger partial charge in [0.1, 0.15) is 11.3 Å². The van der Waals surface area contributed by atoms with Crippen molar-refractivity contribution in [2.24, 2.45) is 5.41 Å². The van der Waals surface area contributed by atoms with Gasteiger partial charge in [0.2, 0.25) is 0 Å². The number of phenols is 1. The molecule has 120 valence electrons. The summed E-state index contributed by atoms with van der Waals surface area (Å²) in [4.78, 5) is 13.5. The number of likely N-dealkylation sites (tertiary alicyclic amines) is 1. The Hall–Kier alpha value is -1.59. The Bertz CT molecular complexity index is 542. The van der Waals surface area contributed by atoms with Crippen molar-refractivity contribution >= 4 is 5.97 Å². The lowest BCUT2D eigenvalue weighted by Crippen LogP contribution is -2.42. The van der Waals surface area contributed by atoms with Crippen LogP contribution in [0, 0.1) is 5.41 Å². The maximum Gasteiger partial charge on any atom is 0.339 e. The summed E-state index contributed by atoms with van der Waals surface area (Å²) in [6.45, 7) is 4.61.